The Kier molecular flexibility index (Phi) is 2.28. The molecule has 12 heavy (non-hydrogen) atoms. The minimum absolute atomic E-state index is 0.0607. The van der Waals surface area contributed by atoms with Gasteiger partial charge in [0.15, 0.2) is 0 Å². The molecule has 1 aromatic rings. The van der Waals surface area contributed by atoms with Crippen molar-refractivity contribution in [1.82, 2.24) is 0 Å². The highest BCUT2D eigenvalue weighted by molar-refractivity contribution is 5.44. The molecule has 0 spiro atoms. The van der Waals surface area contributed by atoms with Gasteiger partial charge in [0.1, 0.15) is 5.75 Å². The van der Waals surface area contributed by atoms with Crippen LogP contribution in [0.2, 0.25) is 0 Å². The maximum Gasteiger partial charge on any atom is 0.276 e. The summed E-state index contributed by atoms with van der Waals surface area (Å²) in [4.78, 5) is 9.99. The minimum atomic E-state index is -0.439. The first-order chi connectivity index (χ1) is 5.65. The lowest BCUT2D eigenvalue weighted by molar-refractivity contribution is -0.385. The topological polar surface area (TPSA) is 52.4 Å². The molecule has 0 heterocycles. The molecule has 1 radical (unpaired) electrons. The number of ether oxygens (including phenoxy) is 1. The third-order valence-electron chi connectivity index (χ3n) is 1.52. The lowest BCUT2D eigenvalue weighted by atomic mass is 10.2. The first kappa shape index (κ1) is 8.52. The van der Waals surface area contributed by atoms with Gasteiger partial charge < -0.3 is 4.74 Å². The zero-order chi connectivity index (χ0) is 9.14. The number of nitro benzene ring substituents is 1. The Morgan fingerprint density at radius 3 is 2.83 bits per heavy atom. The third kappa shape index (κ3) is 1.53. The first-order valence-electron chi connectivity index (χ1n) is 3.36. The fourth-order valence-electron chi connectivity index (χ4n) is 0.848. The Hall–Kier alpha value is -1.58. The molecule has 0 unspecified atom stereocenters. The van der Waals surface area contributed by atoms with Crippen molar-refractivity contribution in [1.29, 1.82) is 0 Å². The molecule has 1 rings (SSSR count). The van der Waals surface area contributed by atoms with Gasteiger partial charge in [0.25, 0.3) is 5.69 Å². The van der Waals surface area contributed by atoms with E-state index in [1.54, 1.807) is 6.92 Å². The fourth-order valence-corrected chi connectivity index (χ4v) is 0.848. The highest BCUT2D eigenvalue weighted by atomic mass is 16.6. The normalized spacial score (nSPS) is 9.50. The summed E-state index contributed by atoms with van der Waals surface area (Å²) in [5, 5.41) is 10.4. The van der Waals surface area contributed by atoms with Crippen molar-refractivity contribution >= 4 is 5.69 Å². The van der Waals surface area contributed by atoms with Crippen LogP contribution in [-0.4, -0.2) is 12.0 Å². The summed E-state index contributed by atoms with van der Waals surface area (Å²) in [7, 11) is 1.45. The number of methoxy groups -OCH3 is 1. The average molecular weight is 166 g/mol. The molecule has 0 N–H and O–H groups in total. The molecule has 0 amide bonds. The van der Waals surface area contributed by atoms with Crippen LogP contribution in [0.25, 0.3) is 0 Å². The molecule has 1 aromatic carbocycles. The van der Waals surface area contributed by atoms with E-state index in [4.69, 9.17) is 4.74 Å². The smallest absolute Gasteiger partial charge is 0.276 e. The van der Waals surface area contributed by atoms with E-state index in [-0.39, 0.29) is 5.69 Å². The van der Waals surface area contributed by atoms with E-state index in [0.717, 1.165) is 0 Å². The van der Waals surface area contributed by atoms with Gasteiger partial charge in [-0.3, -0.25) is 10.1 Å². The molecule has 0 saturated heterocycles. The zero-order valence-corrected chi connectivity index (χ0v) is 6.83. The predicted molar refractivity (Wildman–Crippen MR) is 43.2 cm³/mol. The Bertz CT molecular complexity index is 309. The summed E-state index contributed by atoms with van der Waals surface area (Å²) in [5.74, 6) is 0.382. The van der Waals surface area contributed by atoms with Gasteiger partial charge in [0.05, 0.1) is 18.1 Å². The molecular formula is C8H8NO3. The van der Waals surface area contributed by atoms with Crippen LogP contribution < -0.4 is 4.74 Å². The van der Waals surface area contributed by atoms with Gasteiger partial charge in [-0.05, 0) is 13.0 Å². The lowest BCUT2D eigenvalue weighted by Gasteiger charge is -1.99. The molecule has 0 atom stereocenters. The highest BCUT2D eigenvalue weighted by Gasteiger charge is 2.10. The maximum atomic E-state index is 10.4. The van der Waals surface area contributed by atoms with E-state index >= 15 is 0 Å². The van der Waals surface area contributed by atoms with Gasteiger partial charge in [-0.25, -0.2) is 0 Å². The second kappa shape index (κ2) is 3.21. The van der Waals surface area contributed by atoms with Crippen LogP contribution in [0.1, 0.15) is 5.56 Å². The monoisotopic (exact) mass is 166 g/mol. The van der Waals surface area contributed by atoms with E-state index in [2.05, 4.69) is 6.07 Å². The summed E-state index contributed by atoms with van der Waals surface area (Å²) in [5.41, 5.74) is 0.645. The van der Waals surface area contributed by atoms with E-state index in [9.17, 15) is 10.1 Å². The summed E-state index contributed by atoms with van der Waals surface area (Å²) >= 11 is 0. The molecule has 0 aliphatic heterocycles. The number of aryl methyl sites for hydroxylation is 1. The van der Waals surface area contributed by atoms with Crippen molar-refractivity contribution in [3.63, 3.8) is 0 Å². The highest BCUT2D eigenvalue weighted by Crippen LogP contribution is 2.22. The SMILES string of the molecule is COc1[c]cc(C)c([N+](=O)[O-])c1. The standard InChI is InChI=1S/C8H8NO3/c1-6-3-4-7(12-2)5-8(6)9(10)11/h3,5H,1-2H3. The Labute approximate surface area is 69.9 Å². The molecule has 0 aliphatic rings. The fraction of sp³-hybridized carbons (Fsp3) is 0.250. The van der Waals surface area contributed by atoms with Crippen molar-refractivity contribution in [2.75, 3.05) is 7.11 Å². The van der Waals surface area contributed by atoms with Crippen molar-refractivity contribution in [2.24, 2.45) is 0 Å². The van der Waals surface area contributed by atoms with Crippen LogP contribution in [0.15, 0.2) is 12.1 Å². The van der Waals surface area contributed by atoms with Gasteiger partial charge in [-0.1, -0.05) is 0 Å². The predicted octanol–water partition coefficient (Wildman–Crippen LogP) is 1.71. The number of benzene rings is 1. The summed E-state index contributed by atoms with van der Waals surface area (Å²) < 4.78 is 4.80. The molecule has 0 aliphatic carbocycles. The second-order valence-corrected chi connectivity index (χ2v) is 2.33. The number of rotatable bonds is 2. The van der Waals surface area contributed by atoms with Gasteiger partial charge in [-0.15, -0.1) is 0 Å². The second-order valence-electron chi connectivity index (χ2n) is 2.33. The maximum absolute atomic E-state index is 10.4. The summed E-state index contributed by atoms with van der Waals surface area (Å²) in [6.45, 7) is 1.66. The van der Waals surface area contributed by atoms with Gasteiger partial charge >= 0.3 is 0 Å². The number of hydrogen-bond acceptors (Lipinski definition) is 3. The molecule has 0 aromatic heterocycles. The van der Waals surface area contributed by atoms with E-state index in [1.807, 2.05) is 0 Å². The zero-order valence-electron chi connectivity index (χ0n) is 6.83. The number of nitrogens with zero attached hydrogens (tertiary/aromatic N) is 1. The molecule has 0 fully saturated rings. The van der Waals surface area contributed by atoms with Gasteiger partial charge in [-0.2, -0.15) is 0 Å². The van der Waals surface area contributed by atoms with Crippen molar-refractivity contribution < 1.29 is 9.66 Å². The first-order valence-corrected chi connectivity index (χ1v) is 3.36. The minimum Gasteiger partial charge on any atom is -0.496 e. The van der Waals surface area contributed by atoms with Crippen molar-refractivity contribution in [2.45, 2.75) is 6.92 Å². The molecule has 4 nitrogen and oxygen atoms in total. The van der Waals surface area contributed by atoms with Crippen LogP contribution in [0.3, 0.4) is 0 Å². The van der Waals surface area contributed by atoms with Crippen LogP contribution >= 0.6 is 0 Å². The average Bonchev–Trinajstić information content (AvgIpc) is 2.05. The van der Waals surface area contributed by atoms with Crippen LogP contribution in [0.4, 0.5) is 5.69 Å². The number of hydrogen-bond donors (Lipinski definition) is 0. The van der Waals surface area contributed by atoms with Gasteiger partial charge in [0.2, 0.25) is 0 Å². The van der Waals surface area contributed by atoms with Crippen LogP contribution in [-0.2, 0) is 0 Å². The van der Waals surface area contributed by atoms with Crippen LogP contribution in [0.5, 0.6) is 5.75 Å². The molecular weight excluding hydrogens is 158 g/mol. The van der Waals surface area contributed by atoms with E-state index in [1.165, 1.54) is 19.2 Å². The number of nitro groups is 1. The van der Waals surface area contributed by atoms with E-state index < -0.39 is 4.92 Å². The van der Waals surface area contributed by atoms with Crippen LogP contribution in [0, 0.1) is 23.1 Å². The van der Waals surface area contributed by atoms with Crippen molar-refractivity contribution in [3.8, 4) is 5.75 Å². The van der Waals surface area contributed by atoms with E-state index in [0.29, 0.717) is 11.3 Å². The largest absolute Gasteiger partial charge is 0.496 e. The Balaban J connectivity index is 3.17. The molecule has 63 valence electrons. The Morgan fingerprint density at radius 1 is 1.67 bits per heavy atom. The quantitative estimate of drug-likeness (QED) is 0.496. The Morgan fingerprint density at radius 2 is 2.33 bits per heavy atom. The summed E-state index contributed by atoms with van der Waals surface area (Å²) in [6.07, 6.45) is 0. The van der Waals surface area contributed by atoms with Crippen molar-refractivity contribution in [3.05, 3.63) is 33.9 Å². The summed E-state index contributed by atoms with van der Waals surface area (Å²) in [6, 6.07) is 5.65. The molecule has 0 bridgehead atoms. The molecule has 0 saturated carbocycles. The molecule has 4 heteroatoms. The lowest BCUT2D eigenvalue weighted by Crippen LogP contribution is -1.92. The van der Waals surface area contributed by atoms with Gasteiger partial charge in [0, 0.05) is 11.6 Å². The third-order valence-corrected chi connectivity index (χ3v) is 1.52.